The van der Waals surface area contributed by atoms with Gasteiger partial charge in [-0.1, -0.05) is 11.6 Å². The van der Waals surface area contributed by atoms with E-state index in [0.29, 0.717) is 5.70 Å². The lowest BCUT2D eigenvalue weighted by Crippen LogP contribution is -2.21. The summed E-state index contributed by atoms with van der Waals surface area (Å²) in [7, 11) is 1.83. The second kappa shape index (κ2) is 4.17. The van der Waals surface area contributed by atoms with Crippen molar-refractivity contribution in [3.05, 3.63) is 11.9 Å². The van der Waals surface area contributed by atoms with Crippen molar-refractivity contribution in [1.29, 1.82) is 5.41 Å². The van der Waals surface area contributed by atoms with E-state index in [4.69, 9.17) is 22.7 Å². The van der Waals surface area contributed by atoms with Crippen molar-refractivity contribution in [3.8, 4) is 0 Å². The fourth-order valence-corrected chi connectivity index (χ4v) is 0.746. The van der Waals surface area contributed by atoms with E-state index in [9.17, 15) is 0 Å². The number of hydrogen-bond donors (Lipinski definition) is 2. The molecule has 0 radical (unpaired) electrons. The maximum absolute atomic E-state index is 7.06. The predicted molar refractivity (Wildman–Crippen MR) is 44.2 cm³/mol. The van der Waals surface area contributed by atoms with Crippen molar-refractivity contribution < 1.29 is 0 Å². The molecule has 0 saturated carbocycles. The van der Waals surface area contributed by atoms with Gasteiger partial charge in [-0.25, -0.2) is 0 Å². The molecule has 0 aromatic rings. The lowest BCUT2D eigenvalue weighted by molar-refractivity contribution is 0.463. The third kappa shape index (κ3) is 2.27. The first-order chi connectivity index (χ1) is 4.63. The van der Waals surface area contributed by atoms with E-state index in [1.165, 1.54) is 6.20 Å². The Labute approximate surface area is 66.0 Å². The van der Waals surface area contributed by atoms with Crippen LogP contribution in [0.1, 0.15) is 6.92 Å². The topological polar surface area (TPSA) is 53.1 Å². The van der Waals surface area contributed by atoms with Crippen molar-refractivity contribution in [3.63, 3.8) is 0 Å². The van der Waals surface area contributed by atoms with Crippen LogP contribution in [0.3, 0.4) is 0 Å². The van der Waals surface area contributed by atoms with Gasteiger partial charge < -0.3 is 10.6 Å². The first-order valence-electron chi connectivity index (χ1n) is 3.01. The number of nitrogens with one attached hydrogen (secondary N) is 1. The van der Waals surface area contributed by atoms with Crippen LogP contribution in [-0.4, -0.2) is 23.7 Å². The molecule has 3 N–H and O–H groups in total. The molecule has 0 atom stereocenters. The van der Waals surface area contributed by atoms with Crippen molar-refractivity contribution in [1.82, 2.24) is 4.90 Å². The minimum absolute atomic E-state index is 0.0214. The molecule has 0 aliphatic rings. The average molecular weight is 162 g/mol. The van der Waals surface area contributed by atoms with Gasteiger partial charge in [-0.15, -0.1) is 0 Å². The Hall–Kier alpha value is -0.700. The zero-order valence-corrected chi connectivity index (χ0v) is 6.94. The summed E-state index contributed by atoms with van der Waals surface area (Å²) in [5, 5.41) is 7.04. The number of allylic oxidation sites excluding steroid dienone is 1. The number of rotatable bonds is 3. The molecule has 10 heavy (non-hydrogen) atoms. The third-order valence-electron chi connectivity index (χ3n) is 1.27. The zero-order valence-electron chi connectivity index (χ0n) is 6.19. The summed E-state index contributed by atoms with van der Waals surface area (Å²) in [4.78, 5) is 1.80. The SMILES string of the molecule is CCN(C)/C(=C/N)C(=N)Cl. The summed E-state index contributed by atoms with van der Waals surface area (Å²) in [6.45, 7) is 2.75. The van der Waals surface area contributed by atoms with Crippen LogP contribution in [-0.2, 0) is 0 Å². The number of nitrogens with zero attached hydrogens (tertiary/aromatic N) is 1. The summed E-state index contributed by atoms with van der Waals surface area (Å²) in [5.74, 6) is 0. The van der Waals surface area contributed by atoms with E-state index < -0.39 is 0 Å². The molecule has 0 aliphatic heterocycles. The zero-order chi connectivity index (χ0) is 8.15. The monoisotopic (exact) mass is 161 g/mol. The van der Waals surface area contributed by atoms with Gasteiger partial charge in [0.25, 0.3) is 0 Å². The van der Waals surface area contributed by atoms with Crippen LogP contribution in [0.25, 0.3) is 0 Å². The van der Waals surface area contributed by atoms with Gasteiger partial charge in [0.1, 0.15) is 5.17 Å². The highest BCUT2D eigenvalue weighted by molar-refractivity contribution is 6.68. The molecule has 0 aliphatic carbocycles. The summed E-state index contributed by atoms with van der Waals surface area (Å²) < 4.78 is 0. The van der Waals surface area contributed by atoms with Gasteiger partial charge in [0.15, 0.2) is 0 Å². The second-order valence-electron chi connectivity index (χ2n) is 1.88. The highest BCUT2D eigenvalue weighted by Crippen LogP contribution is 2.03. The van der Waals surface area contributed by atoms with E-state index >= 15 is 0 Å². The van der Waals surface area contributed by atoms with Gasteiger partial charge in [-0.2, -0.15) is 0 Å². The molecule has 0 aromatic carbocycles. The molecule has 0 aromatic heterocycles. The van der Waals surface area contributed by atoms with E-state index in [1.807, 2.05) is 14.0 Å². The van der Waals surface area contributed by atoms with E-state index in [-0.39, 0.29) is 5.17 Å². The van der Waals surface area contributed by atoms with Crippen LogP contribution in [0.5, 0.6) is 0 Å². The van der Waals surface area contributed by atoms with Crippen molar-refractivity contribution in [2.45, 2.75) is 6.92 Å². The van der Waals surface area contributed by atoms with Gasteiger partial charge >= 0.3 is 0 Å². The van der Waals surface area contributed by atoms with Crippen LogP contribution in [0.4, 0.5) is 0 Å². The van der Waals surface area contributed by atoms with E-state index in [0.717, 1.165) is 6.54 Å². The maximum atomic E-state index is 7.06. The quantitative estimate of drug-likeness (QED) is 0.606. The highest BCUT2D eigenvalue weighted by atomic mass is 35.5. The van der Waals surface area contributed by atoms with Gasteiger partial charge in [-0.3, -0.25) is 5.41 Å². The Bertz CT molecular complexity index is 153. The Morgan fingerprint density at radius 2 is 2.30 bits per heavy atom. The summed E-state index contributed by atoms with van der Waals surface area (Å²) in [6, 6.07) is 0. The highest BCUT2D eigenvalue weighted by Gasteiger charge is 2.04. The van der Waals surface area contributed by atoms with Crippen molar-refractivity contribution in [2.75, 3.05) is 13.6 Å². The lowest BCUT2D eigenvalue weighted by Gasteiger charge is -2.17. The Morgan fingerprint density at radius 3 is 2.40 bits per heavy atom. The number of nitrogens with two attached hydrogens (primary N) is 1. The van der Waals surface area contributed by atoms with Crippen LogP contribution in [0.2, 0.25) is 0 Å². The molecule has 0 bridgehead atoms. The minimum atomic E-state index is -0.0214. The standard InChI is InChI=1S/C6H12ClN3/c1-3-10(2)5(4-8)6(7)9/h4,9H,3,8H2,1-2H3/b5-4+,9-6?. The molecule has 0 saturated heterocycles. The molecule has 0 amide bonds. The maximum Gasteiger partial charge on any atom is 0.145 e. The van der Waals surface area contributed by atoms with Gasteiger partial charge in [0.2, 0.25) is 0 Å². The molecule has 0 spiro atoms. The van der Waals surface area contributed by atoms with E-state index in [2.05, 4.69) is 0 Å². The van der Waals surface area contributed by atoms with Crippen LogP contribution in [0.15, 0.2) is 11.9 Å². The molecular formula is C6H12ClN3. The van der Waals surface area contributed by atoms with Crippen molar-refractivity contribution >= 4 is 16.8 Å². The largest absolute Gasteiger partial charge is 0.403 e. The first kappa shape index (κ1) is 9.30. The molecular weight excluding hydrogens is 150 g/mol. The smallest absolute Gasteiger partial charge is 0.145 e. The molecule has 0 rings (SSSR count). The Morgan fingerprint density at radius 1 is 1.80 bits per heavy atom. The fourth-order valence-electron chi connectivity index (χ4n) is 0.538. The van der Waals surface area contributed by atoms with E-state index in [1.54, 1.807) is 4.90 Å². The summed E-state index contributed by atoms with van der Waals surface area (Å²) in [5.41, 5.74) is 5.78. The molecule has 0 unspecified atom stereocenters. The third-order valence-corrected chi connectivity index (χ3v) is 1.46. The Balaban J connectivity index is 4.23. The molecule has 0 fully saturated rings. The fraction of sp³-hybridized carbons (Fsp3) is 0.500. The molecule has 58 valence electrons. The summed E-state index contributed by atoms with van der Waals surface area (Å²) in [6.07, 6.45) is 1.33. The van der Waals surface area contributed by atoms with Gasteiger partial charge in [0.05, 0.1) is 5.70 Å². The number of hydrogen-bond acceptors (Lipinski definition) is 3. The van der Waals surface area contributed by atoms with Crippen molar-refractivity contribution in [2.24, 2.45) is 5.73 Å². The molecule has 4 heteroatoms. The van der Waals surface area contributed by atoms with Gasteiger partial charge in [0, 0.05) is 19.8 Å². The van der Waals surface area contributed by atoms with Gasteiger partial charge in [-0.05, 0) is 6.92 Å². The Kier molecular flexibility index (Phi) is 3.88. The average Bonchev–Trinajstić information content (AvgIpc) is 1.88. The minimum Gasteiger partial charge on any atom is -0.403 e. The number of halogens is 1. The normalized spacial score (nSPS) is 11.3. The predicted octanol–water partition coefficient (Wildman–Crippen LogP) is 0.954. The lowest BCUT2D eigenvalue weighted by atomic mass is 10.4. The van der Waals surface area contributed by atoms with Crippen LogP contribution < -0.4 is 5.73 Å². The molecule has 3 nitrogen and oxygen atoms in total. The first-order valence-corrected chi connectivity index (χ1v) is 3.38. The van der Waals surface area contributed by atoms with Crippen LogP contribution in [0, 0.1) is 5.41 Å². The van der Waals surface area contributed by atoms with Crippen LogP contribution >= 0.6 is 11.6 Å². The molecule has 0 heterocycles. The second-order valence-corrected chi connectivity index (χ2v) is 2.26. The summed E-state index contributed by atoms with van der Waals surface area (Å²) >= 11 is 5.41.